The number of aromatic nitrogens is 3. The van der Waals surface area contributed by atoms with E-state index in [1.807, 2.05) is 45.9 Å². The number of fused-ring (bicyclic) bond motifs is 8. The summed E-state index contributed by atoms with van der Waals surface area (Å²) in [6.45, 7) is 10.3. The van der Waals surface area contributed by atoms with Crippen molar-refractivity contribution >= 4 is 47.9 Å². The van der Waals surface area contributed by atoms with Gasteiger partial charge in [0.1, 0.15) is 0 Å². The third kappa shape index (κ3) is 7.56. The number of aromatic amines is 3. The Hall–Kier alpha value is -5.14. The molecule has 6 N–H and O–H groups in total. The molecule has 0 spiro atoms. The molecule has 0 aliphatic carbocycles. The number of esters is 2. The van der Waals surface area contributed by atoms with Gasteiger partial charge in [0.05, 0.1) is 57.4 Å². The van der Waals surface area contributed by atoms with Gasteiger partial charge >= 0.3 is 11.9 Å². The second-order valence-corrected chi connectivity index (χ2v) is 13.2. The Kier molecular flexibility index (Phi) is 12.1. The van der Waals surface area contributed by atoms with Crippen molar-refractivity contribution in [2.24, 2.45) is 11.8 Å². The first-order valence-corrected chi connectivity index (χ1v) is 17.6. The van der Waals surface area contributed by atoms with Crippen molar-refractivity contribution in [2.75, 3.05) is 40.6 Å². The van der Waals surface area contributed by atoms with Crippen LogP contribution in [0.2, 0.25) is 0 Å². The van der Waals surface area contributed by atoms with Crippen LogP contribution < -0.4 is 21.3 Å². The summed E-state index contributed by atoms with van der Waals surface area (Å²) in [5.74, 6) is -1.69. The van der Waals surface area contributed by atoms with E-state index < -0.39 is 5.97 Å². The van der Waals surface area contributed by atoms with Crippen LogP contribution >= 0.6 is 0 Å². The lowest BCUT2D eigenvalue weighted by molar-refractivity contribution is -0.141. The van der Waals surface area contributed by atoms with Crippen LogP contribution in [0.5, 0.6) is 0 Å². The Labute approximate surface area is 302 Å². The summed E-state index contributed by atoms with van der Waals surface area (Å²) in [5, 5.41) is 17.3. The molecule has 1 saturated heterocycles. The first-order valence-electron chi connectivity index (χ1n) is 17.6. The molecule has 278 valence electrons. The van der Waals surface area contributed by atoms with Crippen molar-refractivity contribution < 1.29 is 38.5 Å². The van der Waals surface area contributed by atoms with Gasteiger partial charge in [-0.3, -0.25) is 19.2 Å². The molecule has 3 aromatic rings. The van der Waals surface area contributed by atoms with Crippen molar-refractivity contribution in [3.63, 3.8) is 0 Å². The van der Waals surface area contributed by atoms with Gasteiger partial charge in [-0.05, 0) is 74.1 Å². The smallest absolute Gasteiger partial charge is 0.310 e. The SMILES string of the molecule is CCc1c(C)c2[nH]c1=Cc1[nH]c(c(C(=O)NCCOCCO)c1C)C(CC(=O)OC)=C1NC(=Cc3[nH]c(c(C=O)c3C)C=2)C(C)C1CCC(=O)OC. The number of rotatable bonds is 13. The molecule has 0 radical (unpaired) electrons. The van der Waals surface area contributed by atoms with Gasteiger partial charge in [-0.25, -0.2) is 0 Å². The lowest BCUT2D eigenvalue weighted by atomic mass is 9.85. The van der Waals surface area contributed by atoms with Crippen molar-refractivity contribution in [1.82, 2.24) is 25.6 Å². The third-order valence-corrected chi connectivity index (χ3v) is 10.3. The summed E-state index contributed by atoms with van der Waals surface area (Å²) in [6.07, 6.45) is 7.81. The average Bonchev–Trinajstić information content (AvgIpc) is 3.81. The van der Waals surface area contributed by atoms with Crippen LogP contribution in [0.4, 0.5) is 0 Å². The molecule has 3 aromatic heterocycles. The Balaban J connectivity index is 1.86. The number of hydrogen-bond donors (Lipinski definition) is 6. The molecule has 1 amide bonds. The number of aliphatic hydroxyl groups excluding tert-OH is 1. The number of hydrogen-bond acceptors (Lipinski definition) is 9. The van der Waals surface area contributed by atoms with Gasteiger partial charge in [-0.2, -0.15) is 0 Å². The zero-order chi connectivity index (χ0) is 37.7. The average molecular weight is 716 g/mol. The second-order valence-electron chi connectivity index (χ2n) is 13.2. The maximum Gasteiger partial charge on any atom is 0.310 e. The number of aldehydes is 1. The largest absolute Gasteiger partial charge is 0.469 e. The highest BCUT2D eigenvalue weighted by molar-refractivity contribution is 6.03. The van der Waals surface area contributed by atoms with Gasteiger partial charge < -0.3 is 44.9 Å². The quantitative estimate of drug-likeness (QED) is 0.0879. The molecule has 8 bridgehead atoms. The summed E-state index contributed by atoms with van der Waals surface area (Å²) in [6, 6.07) is 0. The number of allylic oxidation sites excluding steroid dienone is 2. The van der Waals surface area contributed by atoms with Crippen molar-refractivity contribution in [1.29, 1.82) is 0 Å². The van der Waals surface area contributed by atoms with Crippen molar-refractivity contribution in [3.8, 4) is 0 Å². The fraction of sp³-hybridized carbons (Fsp3) is 0.436. The fourth-order valence-corrected chi connectivity index (χ4v) is 7.27. The Bertz CT molecular complexity index is 2060. The highest BCUT2D eigenvalue weighted by Gasteiger charge is 2.37. The lowest BCUT2D eigenvalue weighted by Gasteiger charge is -2.19. The minimum Gasteiger partial charge on any atom is -0.469 e. The number of ether oxygens (including phenoxy) is 3. The van der Waals surface area contributed by atoms with Gasteiger partial charge in [-0.15, -0.1) is 0 Å². The molecule has 13 heteroatoms. The molecule has 5 rings (SSSR count). The molecular formula is C39H49N5O8. The first kappa shape index (κ1) is 38.1. The van der Waals surface area contributed by atoms with Crippen LogP contribution in [-0.4, -0.2) is 84.8 Å². The van der Waals surface area contributed by atoms with Crippen LogP contribution in [0.15, 0.2) is 11.4 Å². The highest BCUT2D eigenvalue weighted by atomic mass is 16.5. The normalized spacial score (nSPS) is 16.4. The number of carbonyl (C=O) groups is 4. The van der Waals surface area contributed by atoms with Crippen LogP contribution in [-0.2, 0) is 30.2 Å². The van der Waals surface area contributed by atoms with Gasteiger partial charge in [0.15, 0.2) is 6.29 Å². The minimum absolute atomic E-state index is 0.127. The zero-order valence-electron chi connectivity index (χ0n) is 30.9. The van der Waals surface area contributed by atoms with E-state index in [0.29, 0.717) is 51.5 Å². The molecule has 2 atom stereocenters. The molecule has 13 nitrogen and oxygen atoms in total. The van der Waals surface area contributed by atoms with Gasteiger partial charge in [0.2, 0.25) is 0 Å². The molecule has 1 fully saturated rings. The number of aliphatic hydroxyl groups is 1. The minimum atomic E-state index is -0.508. The number of carbonyl (C=O) groups excluding carboxylic acids is 4. The molecule has 52 heavy (non-hydrogen) atoms. The first-order chi connectivity index (χ1) is 25.0. The maximum atomic E-state index is 14.1. The van der Waals surface area contributed by atoms with E-state index in [1.54, 1.807) is 0 Å². The van der Waals surface area contributed by atoms with E-state index >= 15 is 0 Å². The standard InChI is InChI=1S/C39H49N5O8/c1-8-24-20(2)29-17-33-27(19-46)22(4)28(42-33)16-30-21(3)25(9-10-34(47)50-6)37(43-30)26(15-35(48)51-7)38-36(39(49)40-11-13-52-14-12-45)23(5)31(44-38)18-32(24)41-29/h16-19,21,25,41-45H,8-15H2,1-7H3,(H,40,49). The molecule has 0 aromatic carbocycles. The van der Waals surface area contributed by atoms with Crippen LogP contribution in [0.25, 0.3) is 23.8 Å². The van der Waals surface area contributed by atoms with E-state index in [0.717, 1.165) is 51.5 Å². The molecule has 2 aliphatic heterocycles. The molecule has 2 unspecified atom stereocenters. The zero-order valence-corrected chi connectivity index (χ0v) is 30.9. The summed E-state index contributed by atoms with van der Waals surface area (Å²) < 4.78 is 15.6. The van der Waals surface area contributed by atoms with E-state index in [2.05, 4.69) is 32.5 Å². The predicted molar refractivity (Wildman–Crippen MR) is 197 cm³/mol. The van der Waals surface area contributed by atoms with Crippen LogP contribution in [0.1, 0.15) is 98.9 Å². The third-order valence-electron chi connectivity index (χ3n) is 10.3. The summed E-state index contributed by atoms with van der Waals surface area (Å²) in [5.41, 5.74) is 8.97. The molecular weight excluding hydrogens is 666 g/mol. The van der Waals surface area contributed by atoms with E-state index in [1.165, 1.54) is 14.2 Å². The fourth-order valence-electron chi connectivity index (χ4n) is 7.27. The molecule has 2 aliphatic rings. The van der Waals surface area contributed by atoms with Crippen LogP contribution in [0.3, 0.4) is 0 Å². The summed E-state index contributed by atoms with van der Waals surface area (Å²) in [7, 11) is 2.67. The number of nitrogens with one attached hydrogen (secondary N) is 5. The van der Waals surface area contributed by atoms with Crippen molar-refractivity contribution in [2.45, 2.75) is 60.3 Å². The van der Waals surface area contributed by atoms with Crippen molar-refractivity contribution in [3.05, 3.63) is 78.2 Å². The topological polar surface area (TPSA) is 188 Å². The van der Waals surface area contributed by atoms with E-state index in [4.69, 9.17) is 19.3 Å². The maximum absolute atomic E-state index is 14.1. The van der Waals surface area contributed by atoms with Gasteiger partial charge in [0.25, 0.3) is 5.91 Å². The molecule has 0 saturated carbocycles. The van der Waals surface area contributed by atoms with E-state index in [-0.39, 0.29) is 62.9 Å². The van der Waals surface area contributed by atoms with Gasteiger partial charge in [-0.1, -0.05) is 13.8 Å². The summed E-state index contributed by atoms with van der Waals surface area (Å²) >= 11 is 0. The number of H-pyrrole nitrogens is 3. The van der Waals surface area contributed by atoms with E-state index in [9.17, 15) is 19.2 Å². The number of amides is 1. The second kappa shape index (κ2) is 16.5. The Morgan fingerprint density at radius 2 is 1.62 bits per heavy atom. The number of methoxy groups -OCH3 is 2. The molecule has 5 heterocycles. The lowest BCUT2D eigenvalue weighted by Crippen LogP contribution is -2.29. The van der Waals surface area contributed by atoms with Crippen LogP contribution in [0, 0.1) is 32.6 Å². The monoisotopic (exact) mass is 715 g/mol. The van der Waals surface area contributed by atoms with Gasteiger partial charge in [0, 0.05) is 69.4 Å². The predicted octanol–water partition coefficient (Wildman–Crippen LogP) is 2.80. The Morgan fingerprint density at radius 3 is 2.29 bits per heavy atom. The Morgan fingerprint density at radius 1 is 0.904 bits per heavy atom. The highest BCUT2D eigenvalue weighted by Crippen LogP contribution is 2.43. The summed E-state index contributed by atoms with van der Waals surface area (Å²) in [4.78, 5) is 62.7.